The van der Waals surface area contributed by atoms with E-state index in [0.717, 1.165) is 22.3 Å². The second-order valence-electron chi connectivity index (χ2n) is 11.9. The Hall–Kier alpha value is -6.06. The predicted octanol–water partition coefficient (Wildman–Crippen LogP) is 11.3. The van der Waals surface area contributed by atoms with E-state index < -0.39 is 0 Å². The van der Waals surface area contributed by atoms with Gasteiger partial charge in [0.25, 0.3) is 0 Å². The topological polar surface area (TPSA) is 250 Å². The van der Waals surface area contributed by atoms with Crippen LogP contribution in [0, 0.1) is 73.0 Å². The van der Waals surface area contributed by atoms with Crippen molar-refractivity contribution in [2.75, 3.05) is 16.4 Å². The first kappa shape index (κ1) is 46.3. The molecule has 0 spiro atoms. The molecule has 0 aliphatic heterocycles. The van der Waals surface area contributed by atoms with Crippen molar-refractivity contribution in [3.05, 3.63) is 131 Å². The minimum absolute atomic E-state index is 0. The summed E-state index contributed by atoms with van der Waals surface area (Å²) in [6, 6.07) is 29.1. The monoisotopic (exact) mass is 1030 g/mol. The molecule has 0 radical (unpaired) electrons. The highest BCUT2D eigenvalue weighted by molar-refractivity contribution is 14.0. The Balaban J connectivity index is 0.000000300. The zero-order chi connectivity index (χ0) is 40.5. The van der Waals surface area contributed by atoms with E-state index in [1.54, 1.807) is 72.8 Å². The zero-order valence-corrected chi connectivity index (χ0v) is 37.4. The van der Waals surface area contributed by atoms with E-state index >= 15 is 0 Å². The second kappa shape index (κ2) is 20.9. The van der Waals surface area contributed by atoms with Crippen molar-refractivity contribution >= 4 is 96.5 Å². The molecular weight excluding hydrogens is 1000 g/mol. The number of benzene rings is 4. The molecule has 14 nitrogen and oxygen atoms in total. The molecule has 2 heterocycles. The number of nitrogens with two attached hydrogens (primary N) is 1. The van der Waals surface area contributed by atoms with Crippen molar-refractivity contribution in [2.24, 2.45) is 0 Å². The van der Waals surface area contributed by atoms with Crippen LogP contribution in [0.3, 0.4) is 0 Å². The van der Waals surface area contributed by atoms with Gasteiger partial charge in [0.1, 0.15) is 26.3 Å². The van der Waals surface area contributed by atoms with Gasteiger partial charge in [-0.15, -0.1) is 24.0 Å². The van der Waals surface area contributed by atoms with Crippen molar-refractivity contribution in [3.8, 4) is 47.5 Å². The number of nitrogens with zero attached hydrogens (tertiary/aromatic N) is 8. The van der Waals surface area contributed by atoms with Crippen LogP contribution in [0.4, 0.5) is 29.1 Å². The molecule has 6 rings (SSSR count). The van der Waals surface area contributed by atoms with Crippen LogP contribution in [0.5, 0.6) is 23.3 Å². The standard InChI is InChI=1S/C20H13BrClN5O.C20H15BrN6O.HI.H3N/c1-11-7-14(10-24)8-12(2)17(11)28-19-16(21)18(22)26-20(27-19)25-15-5-3-13(9-23)4-6-15;1-11-7-14(10-23)8-12(2)17(11)28-19-16(21)18(24)26-20(27-19)25-15-5-3-13(9-22)4-6-15;;/h3-8H,1-2H3,(H,25,26,27);3-8H,1-2H3,(H3,24,25,26,27);1H;1H3. The summed E-state index contributed by atoms with van der Waals surface area (Å²) in [5.41, 5.74) is 12.9. The molecule has 4 aromatic carbocycles. The highest BCUT2D eigenvalue weighted by Gasteiger charge is 2.18. The number of nitrogens with one attached hydrogen (secondary N) is 2. The summed E-state index contributed by atoms with van der Waals surface area (Å²) in [6.45, 7) is 7.43. The van der Waals surface area contributed by atoms with Crippen LogP contribution in [-0.4, -0.2) is 19.9 Å². The molecule has 18 heteroatoms. The lowest BCUT2D eigenvalue weighted by atomic mass is 10.1. The minimum atomic E-state index is 0. The normalized spacial score (nSPS) is 9.71. The smallest absolute Gasteiger partial charge is 0.240 e. The predicted molar refractivity (Wildman–Crippen MR) is 240 cm³/mol. The van der Waals surface area contributed by atoms with Crippen molar-refractivity contribution in [1.29, 1.82) is 21.0 Å². The van der Waals surface area contributed by atoms with Crippen LogP contribution in [0.1, 0.15) is 44.5 Å². The lowest BCUT2D eigenvalue weighted by Crippen LogP contribution is -2.04. The van der Waals surface area contributed by atoms with Crippen LogP contribution in [0.2, 0.25) is 5.15 Å². The summed E-state index contributed by atoms with van der Waals surface area (Å²) in [6.07, 6.45) is 0. The van der Waals surface area contributed by atoms with Gasteiger partial charge in [-0.1, -0.05) is 11.6 Å². The number of anilines is 5. The third-order valence-electron chi connectivity index (χ3n) is 7.74. The van der Waals surface area contributed by atoms with E-state index in [2.05, 4.69) is 86.7 Å². The fourth-order valence-corrected chi connectivity index (χ4v) is 5.83. The van der Waals surface area contributed by atoms with Crippen LogP contribution >= 0.6 is 67.4 Å². The van der Waals surface area contributed by atoms with Crippen LogP contribution < -0.4 is 32.0 Å². The summed E-state index contributed by atoms with van der Waals surface area (Å²) >= 11 is 12.9. The van der Waals surface area contributed by atoms with Gasteiger partial charge in [0.15, 0.2) is 5.15 Å². The largest absolute Gasteiger partial charge is 0.437 e. The molecule has 0 bridgehead atoms. The Bertz CT molecular complexity index is 2410. The fraction of sp³-hybridized carbons (Fsp3) is 0.100. The maximum atomic E-state index is 9.10. The summed E-state index contributed by atoms with van der Waals surface area (Å²) in [4.78, 5) is 17.2. The van der Waals surface area contributed by atoms with E-state index in [-0.39, 0.29) is 64.8 Å². The minimum Gasteiger partial charge on any atom is -0.437 e. The van der Waals surface area contributed by atoms with Gasteiger partial charge in [-0.25, -0.2) is 0 Å². The lowest BCUT2D eigenvalue weighted by Gasteiger charge is -2.14. The average Bonchev–Trinajstić information content (AvgIpc) is 3.18. The van der Waals surface area contributed by atoms with Gasteiger partial charge in [0.2, 0.25) is 23.7 Å². The first-order chi connectivity index (χ1) is 26.8. The maximum Gasteiger partial charge on any atom is 0.240 e. The molecule has 6 aromatic rings. The molecule has 0 atom stereocenters. The summed E-state index contributed by atoms with van der Waals surface area (Å²) in [5.74, 6) is 2.40. The highest BCUT2D eigenvalue weighted by atomic mass is 127. The van der Waals surface area contributed by atoms with E-state index in [4.69, 9.17) is 47.9 Å². The molecule has 0 unspecified atom stereocenters. The fourth-order valence-electron chi connectivity index (χ4n) is 5.15. The van der Waals surface area contributed by atoms with E-state index in [9.17, 15) is 0 Å². The number of rotatable bonds is 8. The average molecular weight is 1030 g/mol. The van der Waals surface area contributed by atoms with Crippen molar-refractivity contribution < 1.29 is 9.47 Å². The molecular formula is C40H32Br2ClIN12O2. The third-order valence-corrected chi connectivity index (χ3v) is 9.71. The van der Waals surface area contributed by atoms with E-state index in [1.807, 2.05) is 27.7 Å². The van der Waals surface area contributed by atoms with Gasteiger partial charge in [-0.3, -0.25) is 0 Å². The SMILES string of the molecule is Cc1cc(C#N)cc(C)c1Oc1nc(Nc2ccc(C#N)cc2)nc(Cl)c1Br.Cc1cc(C#N)cc(C)c1Oc1nc(Nc2ccc(C#N)cc2)nc(N)c1Br.I.N. The van der Waals surface area contributed by atoms with Crippen molar-refractivity contribution in [3.63, 3.8) is 0 Å². The summed E-state index contributed by atoms with van der Waals surface area (Å²) < 4.78 is 12.8. The molecule has 292 valence electrons. The Morgan fingerprint density at radius 3 is 1.28 bits per heavy atom. The molecule has 0 aliphatic carbocycles. The summed E-state index contributed by atoms with van der Waals surface area (Å²) in [7, 11) is 0. The Labute approximate surface area is 373 Å². The second-order valence-corrected chi connectivity index (χ2v) is 13.9. The number of halogens is 4. The number of aromatic nitrogens is 4. The van der Waals surface area contributed by atoms with E-state index in [1.165, 1.54) is 0 Å². The van der Waals surface area contributed by atoms with Gasteiger partial charge in [0, 0.05) is 11.4 Å². The molecule has 0 amide bonds. The van der Waals surface area contributed by atoms with Gasteiger partial charge in [0.05, 0.1) is 46.5 Å². The first-order valence-corrected chi connectivity index (χ1v) is 18.3. The van der Waals surface area contributed by atoms with Crippen LogP contribution in [0.25, 0.3) is 0 Å². The molecule has 0 saturated heterocycles. The maximum absolute atomic E-state index is 9.10. The third kappa shape index (κ3) is 11.5. The molecule has 0 fully saturated rings. The summed E-state index contributed by atoms with van der Waals surface area (Å²) in [5, 5.41) is 42.2. The Morgan fingerprint density at radius 2 is 0.914 bits per heavy atom. The Morgan fingerprint density at radius 1 is 0.569 bits per heavy atom. The molecule has 58 heavy (non-hydrogen) atoms. The first-order valence-electron chi connectivity index (χ1n) is 16.3. The number of ether oxygens (including phenoxy) is 2. The van der Waals surface area contributed by atoms with Gasteiger partial charge in [-0.2, -0.15) is 41.0 Å². The molecule has 7 N–H and O–H groups in total. The van der Waals surface area contributed by atoms with Crippen molar-refractivity contribution in [2.45, 2.75) is 27.7 Å². The van der Waals surface area contributed by atoms with Gasteiger partial charge in [-0.05, 0) is 155 Å². The highest BCUT2D eigenvalue weighted by Crippen LogP contribution is 2.38. The van der Waals surface area contributed by atoms with Crippen LogP contribution in [-0.2, 0) is 0 Å². The zero-order valence-electron chi connectivity index (χ0n) is 31.1. The Kier molecular flexibility index (Phi) is 16.7. The molecule has 2 aromatic heterocycles. The molecule has 0 saturated carbocycles. The number of aryl methyl sites for hydroxylation is 4. The quantitative estimate of drug-likeness (QED) is 0.0818. The lowest BCUT2D eigenvalue weighted by molar-refractivity contribution is 0.452. The number of hydrogen-bond acceptors (Lipinski definition) is 14. The van der Waals surface area contributed by atoms with Gasteiger partial charge >= 0.3 is 0 Å². The molecule has 0 aliphatic rings. The number of nitriles is 4. The number of hydrogen-bond donors (Lipinski definition) is 4. The van der Waals surface area contributed by atoms with E-state index in [0.29, 0.717) is 54.1 Å². The van der Waals surface area contributed by atoms with Crippen molar-refractivity contribution in [1.82, 2.24) is 26.1 Å². The number of nitrogen functional groups attached to an aromatic ring is 1. The van der Waals surface area contributed by atoms with Gasteiger partial charge < -0.3 is 32.0 Å². The van der Waals surface area contributed by atoms with Crippen LogP contribution in [0.15, 0.2) is 81.7 Å².